The Hall–Kier alpha value is -2.12. The first kappa shape index (κ1) is 17.2. The van der Waals surface area contributed by atoms with Crippen molar-refractivity contribution in [3.8, 4) is 5.75 Å². The number of aromatic nitrogens is 2. The van der Waals surface area contributed by atoms with Crippen molar-refractivity contribution in [2.24, 2.45) is 0 Å². The number of amides is 1. The molecule has 1 unspecified atom stereocenters. The number of nitrogens with zero attached hydrogens (tertiary/aromatic N) is 2. The lowest BCUT2D eigenvalue weighted by atomic mass is 10.2. The molecule has 1 fully saturated rings. The maximum atomic E-state index is 12.6. The second kappa shape index (κ2) is 6.97. The molecule has 126 valence electrons. The molecule has 3 N–H and O–H groups in total. The summed E-state index contributed by atoms with van der Waals surface area (Å²) in [6, 6.07) is 3.37. The van der Waals surface area contributed by atoms with Gasteiger partial charge in [0.05, 0.1) is 24.4 Å². The molecule has 1 aliphatic heterocycles. The predicted molar refractivity (Wildman–Crippen MR) is 88.0 cm³/mol. The summed E-state index contributed by atoms with van der Waals surface area (Å²) in [6.07, 6.45) is 1.22. The van der Waals surface area contributed by atoms with Crippen LogP contribution in [-0.4, -0.2) is 52.2 Å². The number of fused-ring (bicyclic) bond motifs is 1. The van der Waals surface area contributed by atoms with Gasteiger partial charge in [-0.25, -0.2) is 4.98 Å². The number of rotatable bonds is 4. The van der Waals surface area contributed by atoms with Gasteiger partial charge in [0.25, 0.3) is 5.91 Å². The highest BCUT2D eigenvalue weighted by Gasteiger charge is 2.28. The van der Waals surface area contributed by atoms with E-state index in [0.29, 0.717) is 42.5 Å². The number of imidazole rings is 1. The molecule has 3 heterocycles. The molecule has 0 spiro atoms. The third-order valence-corrected chi connectivity index (χ3v) is 3.80. The zero-order chi connectivity index (χ0) is 15.7. The minimum Gasteiger partial charge on any atom is -0.490 e. The lowest BCUT2D eigenvalue weighted by Gasteiger charge is -2.15. The van der Waals surface area contributed by atoms with E-state index in [1.54, 1.807) is 17.5 Å². The van der Waals surface area contributed by atoms with Crippen LogP contribution < -0.4 is 15.4 Å². The van der Waals surface area contributed by atoms with Crippen LogP contribution >= 0.6 is 0 Å². The predicted octanol–water partition coefficient (Wildman–Crippen LogP) is 0.740. The van der Waals surface area contributed by atoms with E-state index in [-0.39, 0.29) is 19.4 Å². The number of carbonyl (C=O) groups excluding carboxylic acids is 1. The largest absolute Gasteiger partial charge is 0.490 e. The normalized spacial score (nSPS) is 20.3. The van der Waals surface area contributed by atoms with E-state index in [1.807, 2.05) is 19.1 Å². The molecule has 1 amide bonds. The van der Waals surface area contributed by atoms with E-state index in [2.05, 4.69) is 15.6 Å². The number of pyridine rings is 1. The fourth-order valence-electron chi connectivity index (χ4n) is 2.75. The van der Waals surface area contributed by atoms with Gasteiger partial charge in [-0.2, -0.15) is 0 Å². The van der Waals surface area contributed by atoms with E-state index in [4.69, 9.17) is 4.74 Å². The van der Waals surface area contributed by atoms with Crippen molar-refractivity contribution in [3.05, 3.63) is 29.7 Å². The smallest absolute Gasteiger partial charge is 0.270 e. The second-order valence-electron chi connectivity index (χ2n) is 5.35. The van der Waals surface area contributed by atoms with Gasteiger partial charge < -0.3 is 20.5 Å². The van der Waals surface area contributed by atoms with Crippen LogP contribution in [-0.2, 0) is 0 Å². The Morgan fingerprint density at radius 3 is 3.00 bits per heavy atom. The standard InChI is InChI=1S/C15H20N4O3.CH4/c1-3-22-12-5-4-6-19-13(9(2)17-14(12)19)15(21)18-10-7-16-8-11(10)20;/h4-6,10-11,16,20H,3,7-8H2,1-2H3,(H,18,21);1H4/t10-,11?;/m1./s1. The van der Waals surface area contributed by atoms with E-state index >= 15 is 0 Å². The van der Waals surface area contributed by atoms with Gasteiger partial charge in [-0.15, -0.1) is 0 Å². The van der Waals surface area contributed by atoms with Crippen LogP contribution in [0.5, 0.6) is 5.75 Å². The Kier molecular flexibility index (Phi) is 5.23. The Balaban J connectivity index is 0.00000192. The number of nitrogens with one attached hydrogen (secondary N) is 2. The highest BCUT2D eigenvalue weighted by atomic mass is 16.5. The molecule has 23 heavy (non-hydrogen) atoms. The first-order valence-corrected chi connectivity index (χ1v) is 7.42. The molecule has 0 saturated carbocycles. The SMILES string of the molecule is C.CCOc1cccn2c(C(=O)N[C@@H]3CNCC3O)c(C)nc12. The van der Waals surface area contributed by atoms with E-state index in [0.717, 1.165) is 0 Å². The quantitative estimate of drug-likeness (QED) is 0.773. The molecule has 3 rings (SSSR count). The first-order chi connectivity index (χ1) is 10.6. The van der Waals surface area contributed by atoms with E-state index < -0.39 is 6.10 Å². The summed E-state index contributed by atoms with van der Waals surface area (Å²) in [5.74, 6) is 0.404. The zero-order valence-electron chi connectivity index (χ0n) is 12.7. The van der Waals surface area contributed by atoms with E-state index in [1.165, 1.54) is 0 Å². The molecule has 0 aromatic carbocycles. The summed E-state index contributed by atoms with van der Waals surface area (Å²) in [5.41, 5.74) is 1.72. The van der Waals surface area contributed by atoms with Gasteiger partial charge in [-0.05, 0) is 26.0 Å². The van der Waals surface area contributed by atoms with Crippen molar-refractivity contribution in [2.75, 3.05) is 19.7 Å². The first-order valence-electron chi connectivity index (χ1n) is 7.42. The number of aliphatic hydroxyl groups is 1. The van der Waals surface area contributed by atoms with Gasteiger partial charge in [-0.3, -0.25) is 9.20 Å². The molecule has 0 aliphatic carbocycles. The topological polar surface area (TPSA) is 87.9 Å². The zero-order valence-corrected chi connectivity index (χ0v) is 12.7. The van der Waals surface area contributed by atoms with Crippen LogP contribution in [0.25, 0.3) is 5.65 Å². The van der Waals surface area contributed by atoms with E-state index in [9.17, 15) is 9.90 Å². The van der Waals surface area contributed by atoms with Crippen molar-refractivity contribution in [1.29, 1.82) is 0 Å². The summed E-state index contributed by atoms with van der Waals surface area (Å²) in [7, 11) is 0. The average molecular weight is 320 g/mol. The molecular weight excluding hydrogens is 296 g/mol. The summed E-state index contributed by atoms with van der Waals surface area (Å²) in [6.45, 7) is 5.29. The third kappa shape index (κ3) is 3.16. The van der Waals surface area contributed by atoms with Gasteiger partial charge >= 0.3 is 0 Å². The van der Waals surface area contributed by atoms with Crippen LogP contribution in [0.15, 0.2) is 18.3 Å². The maximum Gasteiger partial charge on any atom is 0.270 e. The van der Waals surface area contributed by atoms with Crippen LogP contribution in [0.2, 0.25) is 0 Å². The summed E-state index contributed by atoms with van der Waals surface area (Å²) in [5, 5.41) is 15.7. The van der Waals surface area contributed by atoms with Crippen molar-refractivity contribution in [1.82, 2.24) is 20.0 Å². The molecule has 2 aromatic rings. The number of ether oxygens (including phenoxy) is 1. The summed E-state index contributed by atoms with van der Waals surface area (Å²) < 4.78 is 7.28. The van der Waals surface area contributed by atoms with Crippen LogP contribution in [0.3, 0.4) is 0 Å². The molecule has 0 bridgehead atoms. The number of aryl methyl sites for hydroxylation is 1. The maximum absolute atomic E-state index is 12.6. The van der Waals surface area contributed by atoms with Gasteiger partial charge in [0, 0.05) is 19.3 Å². The minimum absolute atomic E-state index is 0. The Bertz CT molecular complexity index is 698. The fraction of sp³-hybridized carbons (Fsp3) is 0.500. The van der Waals surface area contributed by atoms with Gasteiger partial charge in [0.2, 0.25) is 0 Å². The molecule has 2 atom stereocenters. The van der Waals surface area contributed by atoms with Crippen LogP contribution in [0.4, 0.5) is 0 Å². The third-order valence-electron chi connectivity index (χ3n) is 3.80. The van der Waals surface area contributed by atoms with Crippen molar-refractivity contribution < 1.29 is 14.6 Å². The Labute approximate surface area is 135 Å². The van der Waals surface area contributed by atoms with Crippen molar-refractivity contribution >= 4 is 11.6 Å². The monoisotopic (exact) mass is 320 g/mol. The average Bonchev–Trinajstić information content (AvgIpc) is 3.03. The van der Waals surface area contributed by atoms with Crippen LogP contribution in [0.1, 0.15) is 30.5 Å². The number of aliphatic hydroxyl groups excluding tert-OH is 1. The summed E-state index contributed by atoms with van der Waals surface area (Å²) >= 11 is 0. The molecule has 0 radical (unpaired) electrons. The number of hydrogen-bond acceptors (Lipinski definition) is 5. The van der Waals surface area contributed by atoms with Gasteiger partial charge in [0.15, 0.2) is 11.4 Å². The number of β-amino-alcohol motifs (C(OH)–C–C–N with tert-alkyl or cyclic N) is 1. The lowest BCUT2D eigenvalue weighted by molar-refractivity contribution is 0.0882. The Morgan fingerprint density at radius 1 is 1.57 bits per heavy atom. The minimum atomic E-state index is -0.567. The van der Waals surface area contributed by atoms with Crippen molar-refractivity contribution in [3.63, 3.8) is 0 Å². The van der Waals surface area contributed by atoms with Gasteiger partial charge in [-0.1, -0.05) is 7.43 Å². The number of carbonyl (C=O) groups is 1. The van der Waals surface area contributed by atoms with Gasteiger partial charge in [0.1, 0.15) is 5.69 Å². The molecule has 7 heteroatoms. The Morgan fingerprint density at radius 2 is 2.35 bits per heavy atom. The van der Waals surface area contributed by atoms with Crippen molar-refractivity contribution in [2.45, 2.75) is 33.4 Å². The highest BCUT2D eigenvalue weighted by molar-refractivity contribution is 5.95. The number of hydrogen-bond donors (Lipinski definition) is 3. The molecule has 2 aromatic heterocycles. The molecule has 7 nitrogen and oxygen atoms in total. The highest BCUT2D eigenvalue weighted by Crippen LogP contribution is 2.22. The fourth-order valence-corrected chi connectivity index (χ4v) is 2.75. The lowest BCUT2D eigenvalue weighted by Crippen LogP contribution is -2.43. The second-order valence-corrected chi connectivity index (χ2v) is 5.35. The summed E-state index contributed by atoms with van der Waals surface area (Å²) in [4.78, 5) is 17.0. The van der Waals surface area contributed by atoms with Crippen LogP contribution in [0, 0.1) is 6.92 Å². The molecule has 1 saturated heterocycles. The molecule has 1 aliphatic rings. The molecular formula is C16H24N4O3.